The molecule has 0 bridgehead atoms. The number of para-hydroxylation sites is 1. The summed E-state index contributed by atoms with van der Waals surface area (Å²) in [6.07, 6.45) is 0. The number of nitrogens with zero attached hydrogens (tertiary/aromatic N) is 2. The van der Waals surface area contributed by atoms with Crippen molar-refractivity contribution in [2.45, 2.75) is 20.4 Å². The van der Waals surface area contributed by atoms with Crippen LogP contribution in [0.15, 0.2) is 48.5 Å². The fourth-order valence-electron chi connectivity index (χ4n) is 2.50. The Balaban J connectivity index is 1.58. The molecule has 1 heterocycles. The first kappa shape index (κ1) is 19.5. The average molecular weight is 396 g/mol. The molecule has 28 heavy (non-hydrogen) atoms. The Morgan fingerprint density at radius 1 is 1.04 bits per heavy atom. The van der Waals surface area contributed by atoms with Gasteiger partial charge >= 0.3 is 0 Å². The molecule has 0 aliphatic rings. The molecule has 8 heteroatoms. The Kier molecular flexibility index (Phi) is 6.33. The van der Waals surface area contributed by atoms with Crippen molar-refractivity contribution in [1.29, 1.82) is 0 Å². The van der Waals surface area contributed by atoms with Crippen molar-refractivity contribution in [1.82, 2.24) is 15.5 Å². The topological polar surface area (TPSA) is 93.2 Å². The number of nitrogens with one attached hydrogen (secondary N) is 2. The van der Waals surface area contributed by atoms with Crippen LogP contribution in [0.3, 0.4) is 0 Å². The molecule has 0 radical (unpaired) electrons. The van der Waals surface area contributed by atoms with Crippen molar-refractivity contribution in [3.8, 4) is 5.75 Å². The van der Waals surface area contributed by atoms with Crippen molar-refractivity contribution in [2.24, 2.45) is 0 Å². The van der Waals surface area contributed by atoms with Crippen molar-refractivity contribution >= 4 is 28.8 Å². The third kappa shape index (κ3) is 4.92. The van der Waals surface area contributed by atoms with Gasteiger partial charge in [0.25, 0.3) is 11.8 Å². The van der Waals surface area contributed by atoms with E-state index in [0.717, 1.165) is 16.3 Å². The highest BCUT2D eigenvalue weighted by Crippen LogP contribution is 2.18. The molecule has 0 saturated heterocycles. The second-order valence-electron chi connectivity index (χ2n) is 5.88. The summed E-state index contributed by atoms with van der Waals surface area (Å²) in [5.41, 5.74) is 1.99. The van der Waals surface area contributed by atoms with E-state index in [9.17, 15) is 9.59 Å². The Hall–Kier alpha value is -3.26. The number of hydrogen-bond acceptors (Lipinski definition) is 6. The lowest BCUT2D eigenvalue weighted by Crippen LogP contribution is -2.23. The molecule has 0 fully saturated rings. The molecule has 2 aromatic carbocycles. The van der Waals surface area contributed by atoms with E-state index in [2.05, 4.69) is 20.8 Å². The molecule has 2 N–H and O–H groups in total. The van der Waals surface area contributed by atoms with Gasteiger partial charge in [-0.05, 0) is 44.2 Å². The Morgan fingerprint density at radius 2 is 1.79 bits per heavy atom. The molecule has 0 aliphatic carbocycles. The van der Waals surface area contributed by atoms with Crippen LogP contribution in [0.5, 0.6) is 5.75 Å². The Morgan fingerprint density at radius 3 is 2.46 bits per heavy atom. The van der Waals surface area contributed by atoms with E-state index in [1.54, 1.807) is 31.2 Å². The van der Waals surface area contributed by atoms with Gasteiger partial charge in [-0.2, -0.15) is 0 Å². The number of carbonyl (C=O) groups excluding carboxylic acids is 2. The number of anilines is 1. The lowest BCUT2D eigenvalue weighted by atomic mass is 10.1. The smallest absolute Gasteiger partial charge is 0.286 e. The first-order valence-corrected chi connectivity index (χ1v) is 9.59. The van der Waals surface area contributed by atoms with Crippen molar-refractivity contribution in [2.75, 3.05) is 11.9 Å². The largest absolute Gasteiger partial charge is 0.494 e. The van der Waals surface area contributed by atoms with Crippen LogP contribution in [-0.2, 0) is 6.54 Å². The van der Waals surface area contributed by atoms with Gasteiger partial charge in [-0.15, -0.1) is 10.2 Å². The number of hydrogen-bond donors (Lipinski definition) is 2. The zero-order valence-corrected chi connectivity index (χ0v) is 16.4. The van der Waals surface area contributed by atoms with E-state index in [0.29, 0.717) is 29.4 Å². The van der Waals surface area contributed by atoms with Gasteiger partial charge in [0, 0.05) is 23.4 Å². The van der Waals surface area contributed by atoms with Crippen LogP contribution < -0.4 is 15.4 Å². The van der Waals surface area contributed by atoms with Crippen LogP contribution in [0.1, 0.15) is 37.7 Å². The molecule has 0 saturated carbocycles. The fourth-order valence-corrected chi connectivity index (χ4v) is 3.09. The molecular weight excluding hydrogens is 376 g/mol. The minimum Gasteiger partial charge on any atom is -0.494 e. The highest BCUT2D eigenvalue weighted by atomic mass is 32.1. The van der Waals surface area contributed by atoms with Gasteiger partial charge in [-0.3, -0.25) is 9.59 Å². The maximum Gasteiger partial charge on any atom is 0.286 e. The van der Waals surface area contributed by atoms with E-state index in [4.69, 9.17) is 4.74 Å². The number of rotatable bonds is 7. The number of ether oxygens (including phenoxy) is 1. The molecule has 3 aromatic rings. The summed E-state index contributed by atoms with van der Waals surface area (Å²) >= 11 is 1.22. The summed E-state index contributed by atoms with van der Waals surface area (Å²) < 4.78 is 5.57. The van der Waals surface area contributed by atoms with Crippen LogP contribution in [0.2, 0.25) is 0 Å². The van der Waals surface area contributed by atoms with Gasteiger partial charge in [0.1, 0.15) is 10.8 Å². The summed E-state index contributed by atoms with van der Waals surface area (Å²) in [7, 11) is 0. The van der Waals surface area contributed by atoms with E-state index in [-0.39, 0.29) is 11.8 Å². The molecule has 3 rings (SSSR count). The molecular formula is C20H20N4O3S. The average Bonchev–Trinajstić information content (AvgIpc) is 3.14. The number of aromatic nitrogens is 2. The van der Waals surface area contributed by atoms with Gasteiger partial charge in [-0.25, -0.2) is 0 Å². The predicted octanol–water partition coefficient (Wildman–Crippen LogP) is 3.43. The van der Waals surface area contributed by atoms with Gasteiger partial charge < -0.3 is 15.4 Å². The number of benzene rings is 2. The third-order valence-corrected chi connectivity index (χ3v) is 4.67. The normalized spacial score (nSPS) is 10.4. The van der Waals surface area contributed by atoms with Gasteiger partial charge in [-0.1, -0.05) is 29.5 Å². The summed E-state index contributed by atoms with van der Waals surface area (Å²) in [6, 6.07) is 14.3. The molecule has 0 aliphatic heterocycles. The van der Waals surface area contributed by atoms with Gasteiger partial charge in [0.05, 0.1) is 6.61 Å². The SMILES string of the molecule is CCOc1ccccc1CNC(=O)c1ccc(NC(=O)c2nnc(C)s2)cc1. The van der Waals surface area contributed by atoms with Crippen LogP contribution in [0, 0.1) is 6.92 Å². The van der Waals surface area contributed by atoms with E-state index in [1.807, 2.05) is 31.2 Å². The Labute approximate surface area is 166 Å². The van der Waals surface area contributed by atoms with E-state index >= 15 is 0 Å². The summed E-state index contributed by atoms with van der Waals surface area (Å²) in [4.78, 5) is 24.5. The molecule has 7 nitrogen and oxygen atoms in total. The molecule has 2 amide bonds. The fraction of sp³-hybridized carbons (Fsp3) is 0.200. The van der Waals surface area contributed by atoms with Crippen LogP contribution >= 0.6 is 11.3 Å². The highest BCUT2D eigenvalue weighted by Gasteiger charge is 2.12. The molecule has 0 spiro atoms. The maximum absolute atomic E-state index is 12.4. The monoisotopic (exact) mass is 396 g/mol. The standard InChI is InChI=1S/C20H20N4O3S/c1-3-27-17-7-5-4-6-15(17)12-21-18(25)14-8-10-16(11-9-14)22-19(26)20-24-23-13(2)28-20/h4-11H,3,12H2,1-2H3,(H,21,25)(H,22,26). The van der Waals surface area contributed by atoms with Crippen molar-refractivity contribution in [3.63, 3.8) is 0 Å². The number of aryl methyl sites for hydroxylation is 1. The van der Waals surface area contributed by atoms with Crippen LogP contribution in [-0.4, -0.2) is 28.6 Å². The van der Waals surface area contributed by atoms with E-state index in [1.165, 1.54) is 11.3 Å². The maximum atomic E-state index is 12.4. The minimum absolute atomic E-state index is 0.205. The number of amides is 2. The van der Waals surface area contributed by atoms with Gasteiger partial charge in [0.2, 0.25) is 5.01 Å². The molecule has 144 valence electrons. The predicted molar refractivity (Wildman–Crippen MR) is 108 cm³/mol. The third-order valence-electron chi connectivity index (χ3n) is 3.84. The van der Waals surface area contributed by atoms with Crippen molar-refractivity contribution in [3.05, 3.63) is 69.7 Å². The zero-order chi connectivity index (χ0) is 19.9. The Bertz CT molecular complexity index is 970. The lowest BCUT2D eigenvalue weighted by molar-refractivity contribution is 0.0950. The lowest BCUT2D eigenvalue weighted by Gasteiger charge is -2.11. The summed E-state index contributed by atoms with van der Waals surface area (Å²) in [6.45, 7) is 4.63. The van der Waals surface area contributed by atoms with Crippen molar-refractivity contribution < 1.29 is 14.3 Å². The molecule has 0 unspecified atom stereocenters. The summed E-state index contributed by atoms with van der Waals surface area (Å²) in [5.74, 6) is 0.231. The number of carbonyl (C=O) groups is 2. The van der Waals surface area contributed by atoms with Crippen LogP contribution in [0.25, 0.3) is 0 Å². The van der Waals surface area contributed by atoms with Gasteiger partial charge in [0.15, 0.2) is 0 Å². The van der Waals surface area contributed by atoms with Crippen LogP contribution in [0.4, 0.5) is 5.69 Å². The molecule has 1 aromatic heterocycles. The summed E-state index contributed by atoms with van der Waals surface area (Å²) in [5, 5.41) is 14.3. The highest BCUT2D eigenvalue weighted by molar-refractivity contribution is 7.13. The first-order chi connectivity index (χ1) is 13.6. The minimum atomic E-state index is -0.324. The van der Waals surface area contributed by atoms with E-state index < -0.39 is 0 Å². The zero-order valence-electron chi connectivity index (χ0n) is 15.6. The molecule has 0 atom stereocenters. The quantitative estimate of drug-likeness (QED) is 0.638. The first-order valence-electron chi connectivity index (χ1n) is 8.77. The second kappa shape index (κ2) is 9.09. The second-order valence-corrected chi connectivity index (χ2v) is 7.06.